The molecule has 1 unspecified atom stereocenters. The summed E-state index contributed by atoms with van der Waals surface area (Å²) in [5.74, 6) is 1.79. The summed E-state index contributed by atoms with van der Waals surface area (Å²) in [6.45, 7) is 6.93. The normalized spacial score (nSPS) is 16.7. The monoisotopic (exact) mass is 302 g/mol. The SMILES string of the molecule is CCNC(=NCC(c1ccc(C)cc1)N(C)C)NCC1CC1. The van der Waals surface area contributed by atoms with E-state index in [0.717, 1.165) is 31.5 Å². The second-order valence-electron chi connectivity index (χ2n) is 6.43. The standard InChI is InChI=1S/C18H30N4/c1-5-19-18(20-12-15-8-9-15)21-13-17(22(3)4)16-10-6-14(2)7-11-16/h6-7,10-11,15,17H,5,8-9,12-13H2,1-4H3,(H2,19,20,21). The molecule has 1 saturated carbocycles. The van der Waals surface area contributed by atoms with Crippen molar-refractivity contribution >= 4 is 5.96 Å². The summed E-state index contributed by atoms with van der Waals surface area (Å²) in [5, 5.41) is 6.80. The highest BCUT2D eigenvalue weighted by Gasteiger charge is 2.21. The lowest BCUT2D eigenvalue weighted by molar-refractivity contribution is 0.306. The first-order chi connectivity index (χ1) is 10.6. The lowest BCUT2D eigenvalue weighted by Gasteiger charge is -2.24. The molecular weight excluding hydrogens is 272 g/mol. The molecule has 2 N–H and O–H groups in total. The fourth-order valence-corrected chi connectivity index (χ4v) is 2.44. The lowest BCUT2D eigenvalue weighted by Crippen LogP contribution is -2.39. The van der Waals surface area contributed by atoms with E-state index in [1.165, 1.54) is 24.0 Å². The molecule has 2 rings (SSSR count). The molecule has 1 aromatic rings. The van der Waals surface area contributed by atoms with Gasteiger partial charge in [-0.3, -0.25) is 4.99 Å². The van der Waals surface area contributed by atoms with Gasteiger partial charge in [0.15, 0.2) is 5.96 Å². The van der Waals surface area contributed by atoms with Crippen LogP contribution in [0.1, 0.15) is 36.9 Å². The molecular formula is C18H30N4. The van der Waals surface area contributed by atoms with Crippen molar-refractivity contribution in [2.45, 2.75) is 32.7 Å². The Kier molecular flexibility index (Phi) is 6.25. The number of hydrogen-bond acceptors (Lipinski definition) is 2. The Morgan fingerprint density at radius 1 is 1.23 bits per heavy atom. The predicted octanol–water partition coefficient (Wildman–Crippen LogP) is 2.56. The number of benzene rings is 1. The van der Waals surface area contributed by atoms with Crippen LogP contribution in [0.25, 0.3) is 0 Å². The van der Waals surface area contributed by atoms with Crippen molar-refractivity contribution in [1.29, 1.82) is 0 Å². The topological polar surface area (TPSA) is 39.7 Å². The van der Waals surface area contributed by atoms with Gasteiger partial charge in [0.25, 0.3) is 0 Å². The van der Waals surface area contributed by atoms with Gasteiger partial charge in [-0.15, -0.1) is 0 Å². The van der Waals surface area contributed by atoms with Crippen molar-refractivity contribution < 1.29 is 0 Å². The van der Waals surface area contributed by atoms with Crippen LogP contribution in [0.5, 0.6) is 0 Å². The van der Waals surface area contributed by atoms with E-state index >= 15 is 0 Å². The average molecular weight is 302 g/mol. The minimum absolute atomic E-state index is 0.303. The first-order valence-electron chi connectivity index (χ1n) is 8.35. The number of aliphatic imine (C=N–C) groups is 1. The Morgan fingerprint density at radius 3 is 2.45 bits per heavy atom. The zero-order chi connectivity index (χ0) is 15.9. The maximum atomic E-state index is 4.79. The molecule has 0 radical (unpaired) electrons. The van der Waals surface area contributed by atoms with Crippen LogP contribution in [0.15, 0.2) is 29.3 Å². The Morgan fingerprint density at radius 2 is 1.91 bits per heavy atom. The third kappa shape index (κ3) is 5.34. The Bertz CT molecular complexity index is 474. The maximum absolute atomic E-state index is 4.79. The zero-order valence-corrected chi connectivity index (χ0v) is 14.4. The summed E-state index contributed by atoms with van der Waals surface area (Å²) in [4.78, 5) is 7.02. The molecule has 1 aromatic carbocycles. The lowest BCUT2D eigenvalue weighted by atomic mass is 10.0. The highest BCUT2D eigenvalue weighted by Crippen LogP contribution is 2.27. The van der Waals surface area contributed by atoms with E-state index in [-0.39, 0.29) is 0 Å². The van der Waals surface area contributed by atoms with Gasteiger partial charge < -0.3 is 15.5 Å². The van der Waals surface area contributed by atoms with Crippen LogP contribution >= 0.6 is 0 Å². The highest BCUT2D eigenvalue weighted by molar-refractivity contribution is 5.79. The summed E-state index contributed by atoms with van der Waals surface area (Å²) < 4.78 is 0. The molecule has 0 amide bonds. The molecule has 0 bridgehead atoms. The summed E-state index contributed by atoms with van der Waals surface area (Å²) in [7, 11) is 4.23. The molecule has 1 aliphatic carbocycles. The van der Waals surface area contributed by atoms with Crippen molar-refractivity contribution in [2.24, 2.45) is 10.9 Å². The van der Waals surface area contributed by atoms with Gasteiger partial charge in [0.2, 0.25) is 0 Å². The molecule has 0 spiro atoms. The minimum Gasteiger partial charge on any atom is -0.357 e. The van der Waals surface area contributed by atoms with Gasteiger partial charge in [0.1, 0.15) is 0 Å². The van der Waals surface area contributed by atoms with Gasteiger partial charge in [-0.25, -0.2) is 0 Å². The third-order valence-electron chi connectivity index (χ3n) is 4.11. The van der Waals surface area contributed by atoms with Crippen LogP contribution in [0.3, 0.4) is 0 Å². The predicted molar refractivity (Wildman–Crippen MR) is 94.3 cm³/mol. The molecule has 1 atom stereocenters. The molecule has 1 fully saturated rings. The van der Waals surface area contributed by atoms with Crippen LogP contribution < -0.4 is 10.6 Å². The largest absolute Gasteiger partial charge is 0.357 e. The van der Waals surface area contributed by atoms with Crippen LogP contribution in [0, 0.1) is 12.8 Å². The van der Waals surface area contributed by atoms with E-state index in [2.05, 4.69) is 67.7 Å². The molecule has 0 aromatic heterocycles. The molecule has 0 aliphatic heterocycles. The minimum atomic E-state index is 0.303. The van der Waals surface area contributed by atoms with Gasteiger partial charge in [0, 0.05) is 13.1 Å². The van der Waals surface area contributed by atoms with Crippen molar-refractivity contribution in [3.63, 3.8) is 0 Å². The summed E-state index contributed by atoms with van der Waals surface area (Å²) >= 11 is 0. The molecule has 122 valence electrons. The summed E-state index contributed by atoms with van der Waals surface area (Å²) in [6, 6.07) is 9.06. The van der Waals surface area contributed by atoms with Crippen LogP contribution in [-0.2, 0) is 0 Å². The second kappa shape index (κ2) is 8.18. The molecule has 0 heterocycles. The third-order valence-corrected chi connectivity index (χ3v) is 4.11. The molecule has 4 heteroatoms. The van der Waals surface area contributed by atoms with Gasteiger partial charge in [-0.1, -0.05) is 29.8 Å². The van der Waals surface area contributed by atoms with E-state index in [0.29, 0.717) is 6.04 Å². The first kappa shape index (κ1) is 16.8. The van der Waals surface area contributed by atoms with Crippen LogP contribution in [0.2, 0.25) is 0 Å². The van der Waals surface area contributed by atoms with Crippen molar-refractivity contribution in [3.05, 3.63) is 35.4 Å². The van der Waals surface area contributed by atoms with Crippen molar-refractivity contribution in [1.82, 2.24) is 15.5 Å². The maximum Gasteiger partial charge on any atom is 0.191 e. The molecule has 0 saturated heterocycles. The Hall–Kier alpha value is -1.55. The van der Waals surface area contributed by atoms with Gasteiger partial charge in [0.05, 0.1) is 12.6 Å². The fourth-order valence-electron chi connectivity index (χ4n) is 2.44. The van der Waals surface area contributed by atoms with Gasteiger partial charge in [-0.2, -0.15) is 0 Å². The van der Waals surface area contributed by atoms with E-state index in [1.807, 2.05) is 0 Å². The number of guanidine groups is 1. The van der Waals surface area contributed by atoms with Crippen molar-refractivity contribution in [2.75, 3.05) is 33.7 Å². The van der Waals surface area contributed by atoms with Crippen LogP contribution in [-0.4, -0.2) is 44.6 Å². The number of hydrogen-bond donors (Lipinski definition) is 2. The van der Waals surface area contributed by atoms with E-state index in [1.54, 1.807) is 0 Å². The number of nitrogens with zero attached hydrogens (tertiary/aromatic N) is 2. The Labute approximate surface area is 135 Å². The Balaban J connectivity index is 2.00. The summed E-state index contributed by atoms with van der Waals surface area (Å²) in [6.07, 6.45) is 2.71. The number of likely N-dealkylation sites (N-methyl/N-ethyl adjacent to an activating group) is 1. The highest BCUT2D eigenvalue weighted by atomic mass is 15.2. The number of nitrogens with one attached hydrogen (secondary N) is 2. The number of rotatable bonds is 7. The van der Waals surface area contributed by atoms with Crippen molar-refractivity contribution in [3.8, 4) is 0 Å². The smallest absolute Gasteiger partial charge is 0.191 e. The van der Waals surface area contributed by atoms with Gasteiger partial charge in [-0.05, 0) is 52.3 Å². The quantitative estimate of drug-likeness (QED) is 0.601. The van der Waals surface area contributed by atoms with E-state index in [9.17, 15) is 0 Å². The fraction of sp³-hybridized carbons (Fsp3) is 0.611. The van der Waals surface area contributed by atoms with Crippen LogP contribution in [0.4, 0.5) is 0 Å². The van der Waals surface area contributed by atoms with E-state index in [4.69, 9.17) is 4.99 Å². The zero-order valence-electron chi connectivity index (χ0n) is 14.4. The second-order valence-corrected chi connectivity index (χ2v) is 6.43. The number of aryl methyl sites for hydroxylation is 1. The average Bonchev–Trinajstić information content (AvgIpc) is 3.30. The van der Waals surface area contributed by atoms with E-state index < -0.39 is 0 Å². The van der Waals surface area contributed by atoms with Gasteiger partial charge >= 0.3 is 0 Å². The molecule has 1 aliphatic rings. The summed E-state index contributed by atoms with van der Waals surface area (Å²) in [5.41, 5.74) is 2.61. The molecule has 4 nitrogen and oxygen atoms in total. The molecule has 22 heavy (non-hydrogen) atoms. The first-order valence-corrected chi connectivity index (χ1v) is 8.35.